The minimum atomic E-state index is -0.388. The maximum Gasteiger partial charge on any atom is 0.191 e. The van der Waals surface area contributed by atoms with Crippen LogP contribution in [0.4, 0.5) is 10.1 Å². The van der Waals surface area contributed by atoms with Crippen molar-refractivity contribution in [3.05, 3.63) is 64.9 Å². The molecule has 6 heteroatoms. The number of nitrogens with one attached hydrogen (secondary N) is 2. The Hall–Kier alpha value is -1.98. The Labute approximate surface area is 126 Å². The Morgan fingerprint density at radius 1 is 1.20 bits per heavy atom. The van der Waals surface area contributed by atoms with Gasteiger partial charge in [0.05, 0.1) is 11.2 Å². The molecular weight excluding hydrogens is 297 g/mol. The molecule has 0 saturated heterocycles. The van der Waals surface area contributed by atoms with Crippen LogP contribution in [0.15, 0.2) is 53.6 Å². The maximum atomic E-state index is 12.9. The third-order valence-electron chi connectivity index (χ3n) is 2.36. The van der Waals surface area contributed by atoms with E-state index in [1.165, 1.54) is 24.4 Å². The van der Waals surface area contributed by atoms with Crippen LogP contribution in [-0.4, -0.2) is 11.3 Å². The van der Waals surface area contributed by atoms with Crippen LogP contribution in [0.1, 0.15) is 5.56 Å². The van der Waals surface area contributed by atoms with Crippen molar-refractivity contribution >= 4 is 40.8 Å². The van der Waals surface area contributed by atoms with E-state index in [1.54, 1.807) is 0 Å². The van der Waals surface area contributed by atoms with Crippen LogP contribution in [0, 0.1) is 5.82 Å². The molecule has 0 radical (unpaired) electrons. The number of thiocarbonyl (C=S) groups is 1. The number of nitrogens with zero attached hydrogens (tertiary/aromatic N) is 1. The summed E-state index contributed by atoms with van der Waals surface area (Å²) in [5.74, 6) is -0.388. The van der Waals surface area contributed by atoms with Crippen LogP contribution in [0.2, 0.25) is 5.02 Å². The molecule has 0 aromatic heterocycles. The molecule has 0 amide bonds. The van der Waals surface area contributed by atoms with Crippen LogP contribution in [0.3, 0.4) is 0 Å². The number of benzene rings is 2. The molecule has 20 heavy (non-hydrogen) atoms. The lowest BCUT2D eigenvalue weighted by Gasteiger charge is -2.06. The zero-order chi connectivity index (χ0) is 14.4. The number of hydrogen-bond acceptors (Lipinski definition) is 2. The largest absolute Gasteiger partial charge is 0.331 e. The van der Waals surface area contributed by atoms with Gasteiger partial charge >= 0.3 is 0 Å². The molecule has 2 N–H and O–H groups in total. The van der Waals surface area contributed by atoms with Crippen molar-refractivity contribution < 1.29 is 4.39 Å². The highest BCUT2D eigenvalue weighted by atomic mass is 35.5. The lowest BCUT2D eigenvalue weighted by Crippen LogP contribution is -2.23. The van der Waals surface area contributed by atoms with Gasteiger partial charge in [-0.2, -0.15) is 5.10 Å². The van der Waals surface area contributed by atoms with Gasteiger partial charge < -0.3 is 5.32 Å². The predicted octanol–water partition coefficient (Wildman–Crippen LogP) is 3.80. The SMILES string of the molecule is Fc1ccc(/C=N/NC(=S)Nc2ccccc2)c(Cl)c1. The van der Waals surface area contributed by atoms with Gasteiger partial charge in [0.2, 0.25) is 0 Å². The quantitative estimate of drug-likeness (QED) is 0.514. The minimum Gasteiger partial charge on any atom is -0.331 e. The van der Waals surface area contributed by atoms with Gasteiger partial charge in [-0.15, -0.1) is 0 Å². The summed E-state index contributed by atoms with van der Waals surface area (Å²) in [7, 11) is 0. The van der Waals surface area contributed by atoms with Gasteiger partial charge in [-0.05, 0) is 42.5 Å². The van der Waals surface area contributed by atoms with Crippen molar-refractivity contribution in [2.75, 3.05) is 5.32 Å². The van der Waals surface area contributed by atoms with Crippen LogP contribution in [0.5, 0.6) is 0 Å². The van der Waals surface area contributed by atoms with E-state index >= 15 is 0 Å². The topological polar surface area (TPSA) is 36.4 Å². The first-order valence-corrected chi connectivity index (χ1v) is 6.54. The third-order valence-corrected chi connectivity index (χ3v) is 2.88. The third kappa shape index (κ3) is 4.29. The fourth-order valence-corrected chi connectivity index (χ4v) is 1.83. The zero-order valence-corrected chi connectivity index (χ0v) is 11.9. The first-order valence-electron chi connectivity index (χ1n) is 5.75. The molecule has 102 valence electrons. The first kappa shape index (κ1) is 14.4. The highest BCUT2D eigenvalue weighted by Gasteiger charge is 1.99. The second kappa shape index (κ2) is 6.98. The van der Waals surface area contributed by atoms with E-state index in [0.29, 0.717) is 10.7 Å². The summed E-state index contributed by atoms with van der Waals surface area (Å²) in [4.78, 5) is 0. The molecule has 0 aliphatic heterocycles. The average Bonchev–Trinajstić information content (AvgIpc) is 2.42. The Morgan fingerprint density at radius 2 is 1.95 bits per heavy atom. The number of hydrazone groups is 1. The lowest BCUT2D eigenvalue weighted by atomic mass is 10.2. The van der Waals surface area contributed by atoms with Gasteiger partial charge in [-0.1, -0.05) is 29.8 Å². The summed E-state index contributed by atoms with van der Waals surface area (Å²) in [5, 5.41) is 7.55. The Morgan fingerprint density at radius 3 is 2.65 bits per heavy atom. The van der Waals surface area contributed by atoms with E-state index < -0.39 is 0 Å². The van der Waals surface area contributed by atoms with Crippen molar-refractivity contribution in [1.29, 1.82) is 0 Å². The molecule has 0 aliphatic rings. The van der Waals surface area contributed by atoms with E-state index in [0.717, 1.165) is 5.69 Å². The molecular formula is C14H11ClFN3S. The van der Waals surface area contributed by atoms with Crippen molar-refractivity contribution in [2.45, 2.75) is 0 Å². The molecule has 0 bridgehead atoms. The van der Waals surface area contributed by atoms with E-state index in [9.17, 15) is 4.39 Å². The molecule has 0 spiro atoms. The number of anilines is 1. The minimum absolute atomic E-state index is 0.289. The van der Waals surface area contributed by atoms with Crippen LogP contribution in [0.25, 0.3) is 0 Å². The molecule has 2 aromatic rings. The predicted molar refractivity (Wildman–Crippen MR) is 84.8 cm³/mol. The molecule has 3 nitrogen and oxygen atoms in total. The molecule has 0 heterocycles. The first-order chi connectivity index (χ1) is 9.65. The van der Waals surface area contributed by atoms with E-state index in [2.05, 4.69) is 15.8 Å². The number of hydrogen-bond donors (Lipinski definition) is 2. The second-order valence-corrected chi connectivity index (χ2v) is 4.67. The lowest BCUT2D eigenvalue weighted by molar-refractivity contribution is 0.628. The zero-order valence-electron chi connectivity index (χ0n) is 10.3. The molecule has 0 fully saturated rings. The van der Waals surface area contributed by atoms with Gasteiger partial charge in [0.15, 0.2) is 5.11 Å². The van der Waals surface area contributed by atoms with Gasteiger partial charge in [-0.3, -0.25) is 5.43 Å². The summed E-state index contributed by atoms with van der Waals surface area (Å²) < 4.78 is 12.9. The summed E-state index contributed by atoms with van der Waals surface area (Å²) in [5.41, 5.74) is 4.12. The summed E-state index contributed by atoms with van der Waals surface area (Å²) in [6.07, 6.45) is 1.47. The molecule has 2 rings (SSSR count). The van der Waals surface area contributed by atoms with Gasteiger partial charge in [0.25, 0.3) is 0 Å². The molecule has 0 saturated carbocycles. The summed E-state index contributed by atoms with van der Waals surface area (Å²) in [6.45, 7) is 0. The smallest absolute Gasteiger partial charge is 0.191 e. The Balaban J connectivity index is 1.91. The number of para-hydroxylation sites is 1. The highest BCUT2D eigenvalue weighted by Crippen LogP contribution is 2.15. The van der Waals surface area contributed by atoms with Gasteiger partial charge in [-0.25, -0.2) is 4.39 Å². The number of halogens is 2. The summed E-state index contributed by atoms with van der Waals surface area (Å²) in [6, 6.07) is 13.5. The van der Waals surface area contributed by atoms with E-state index in [4.69, 9.17) is 23.8 Å². The van der Waals surface area contributed by atoms with Crippen molar-refractivity contribution in [3.8, 4) is 0 Å². The maximum absolute atomic E-state index is 12.9. The standard InChI is InChI=1S/C14H11ClFN3S/c15-13-8-11(16)7-6-10(13)9-17-19-14(20)18-12-4-2-1-3-5-12/h1-9H,(H2,18,19,20)/b17-9+. The second-order valence-electron chi connectivity index (χ2n) is 3.86. The van der Waals surface area contributed by atoms with Crippen LogP contribution >= 0.6 is 23.8 Å². The fourth-order valence-electron chi connectivity index (χ4n) is 1.45. The Bertz CT molecular complexity index is 632. The number of rotatable bonds is 3. The van der Waals surface area contributed by atoms with Crippen molar-refractivity contribution in [3.63, 3.8) is 0 Å². The van der Waals surface area contributed by atoms with E-state index in [1.807, 2.05) is 30.3 Å². The van der Waals surface area contributed by atoms with Gasteiger partial charge in [0, 0.05) is 11.3 Å². The molecule has 0 atom stereocenters. The molecule has 2 aromatic carbocycles. The van der Waals surface area contributed by atoms with E-state index in [-0.39, 0.29) is 10.8 Å². The van der Waals surface area contributed by atoms with Crippen molar-refractivity contribution in [1.82, 2.24) is 5.43 Å². The van der Waals surface area contributed by atoms with Crippen LogP contribution < -0.4 is 10.7 Å². The monoisotopic (exact) mass is 307 g/mol. The molecule has 0 unspecified atom stereocenters. The normalized spacial score (nSPS) is 10.5. The Kier molecular flexibility index (Phi) is 5.03. The highest BCUT2D eigenvalue weighted by molar-refractivity contribution is 7.80. The molecule has 0 aliphatic carbocycles. The van der Waals surface area contributed by atoms with Crippen molar-refractivity contribution in [2.24, 2.45) is 5.10 Å². The van der Waals surface area contributed by atoms with Crippen LogP contribution in [-0.2, 0) is 0 Å². The fraction of sp³-hybridized carbons (Fsp3) is 0. The van der Waals surface area contributed by atoms with Gasteiger partial charge in [0.1, 0.15) is 5.82 Å². The average molecular weight is 308 g/mol. The summed E-state index contributed by atoms with van der Waals surface area (Å²) >= 11 is 10.9.